The topological polar surface area (TPSA) is 109 Å². The fourth-order valence-electron chi connectivity index (χ4n) is 2.56. The summed E-state index contributed by atoms with van der Waals surface area (Å²) in [6.07, 6.45) is 1.69. The SMILES string of the molecule is CN1C(=NCc2ccccn2)SCC1(O)c1ccc(Cl)c(S(N)(=O)=O)c1. The van der Waals surface area contributed by atoms with E-state index in [1.807, 2.05) is 18.2 Å². The number of primary sulfonamides is 1. The zero-order valence-corrected chi connectivity index (χ0v) is 16.2. The first-order valence-corrected chi connectivity index (χ1v) is 10.5. The third-order valence-corrected chi connectivity index (χ3v) is 6.65. The molecule has 1 saturated heterocycles. The number of aromatic nitrogens is 1. The number of nitrogens with zero attached hydrogens (tertiary/aromatic N) is 3. The molecule has 7 nitrogen and oxygen atoms in total. The molecule has 2 aromatic rings. The largest absolute Gasteiger partial charge is 0.366 e. The van der Waals surface area contributed by atoms with E-state index in [1.165, 1.54) is 23.9 Å². The average Bonchev–Trinajstić information content (AvgIpc) is 2.89. The maximum absolute atomic E-state index is 11.7. The van der Waals surface area contributed by atoms with E-state index < -0.39 is 15.7 Å². The van der Waals surface area contributed by atoms with Crippen molar-refractivity contribution < 1.29 is 13.5 Å². The quantitative estimate of drug-likeness (QED) is 0.791. The van der Waals surface area contributed by atoms with Crippen LogP contribution in [-0.2, 0) is 22.3 Å². The molecule has 26 heavy (non-hydrogen) atoms. The van der Waals surface area contributed by atoms with Crippen LogP contribution in [0.2, 0.25) is 5.02 Å². The van der Waals surface area contributed by atoms with E-state index in [-0.39, 0.29) is 15.7 Å². The molecule has 1 aliphatic rings. The Kier molecular flexibility index (Phi) is 5.27. The number of sulfonamides is 1. The van der Waals surface area contributed by atoms with Gasteiger partial charge in [0, 0.05) is 18.8 Å². The van der Waals surface area contributed by atoms with Gasteiger partial charge in [-0.1, -0.05) is 35.5 Å². The first-order chi connectivity index (χ1) is 12.2. The predicted molar refractivity (Wildman–Crippen MR) is 102 cm³/mol. The lowest BCUT2D eigenvalue weighted by molar-refractivity contribution is -0.0350. The molecule has 3 N–H and O–H groups in total. The number of hydrogen-bond donors (Lipinski definition) is 2. The summed E-state index contributed by atoms with van der Waals surface area (Å²) in [7, 11) is -2.30. The summed E-state index contributed by atoms with van der Waals surface area (Å²) in [5, 5.41) is 16.9. The van der Waals surface area contributed by atoms with Crippen molar-refractivity contribution in [1.82, 2.24) is 9.88 Å². The minimum Gasteiger partial charge on any atom is -0.366 e. The monoisotopic (exact) mass is 412 g/mol. The van der Waals surface area contributed by atoms with Crippen LogP contribution in [0.5, 0.6) is 0 Å². The first kappa shape index (κ1) is 19.1. The number of benzene rings is 1. The van der Waals surface area contributed by atoms with Crippen LogP contribution in [0.3, 0.4) is 0 Å². The smallest absolute Gasteiger partial charge is 0.239 e. The molecular weight excluding hydrogens is 396 g/mol. The van der Waals surface area contributed by atoms with Gasteiger partial charge in [-0.3, -0.25) is 9.98 Å². The van der Waals surface area contributed by atoms with Gasteiger partial charge in [0.05, 0.1) is 23.0 Å². The number of nitrogens with two attached hydrogens (primary N) is 1. The summed E-state index contributed by atoms with van der Waals surface area (Å²) >= 11 is 7.30. The molecule has 0 amide bonds. The third-order valence-electron chi connectivity index (χ3n) is 4.05. The van der Waals surface area contributed by atoms with Gasteiger partial charge in [-0.2, -0.15) is 0 Å². The number of amidine groups is 1. The van der Waals surface area contributed by atoms with Crippen molar-refractivity contribution in [3.05, 3.63) is 58.9 Å². The van der Waals surface area contributed by atoms with Crippen molar-refractivity contribution in [3.63, 3.8) is 0 Å². The van der Waals surface area contributed by atoms with Crippen molar-refractivity contribution in [2.24, 2.45) is 10.1 Å². The van der Waals surface area contributed by atoms with Gasteiger partial charge in [0.15, 0.2) is 10.9 Å². The molecule has 10 heteroatoms. The molecule has 1 aromatic heterocycles. The molecule has 1 fully saturated rings. The van der Waals surface area contributed by atoms with Gasteiger partial charge in [0.2, 0.25) is 10.0 Å². The van der Waals surface area contributed by atoms with E-state index in [0.29, 0.717) is 17.3 Å². The minimum atomic E-state index is -4.00. The lowest BCUT2D eigenvalue weighted by Gasteiger charge is -2.31. The summed E-state index contributed by atoms with van der Waals surface area (Å²) in [5.74, 6) is 0.288. The zero-order chi connectivity index (χ0) is 18.9. The number of aliphatic imine (C=N–C) groups is 1. The Bertz CT molecular complexity index is 953. The molecule has 3 rings (SSSR count). The minimum absolute atomic E-state index is 0.0113. The van der Waals surface area contributed by atoms with Crippen LogP contribution in [-0.4, -0.2) is 41.4 Å². The van der Waals surface area contributed by atoms with Gasteiger partial charge in [0.1, 0.15) is 4.90 Å². The summed E-state index contributed by atoms with van der Waals surface area (Å²) in [6.45, 7) is 0.382. The molecule has 1 aromatic carbocycles. The molecule has 1 atom stereocenters. The van der Waals surface area contributed by atoms with Crippen molar-refractivity contribution in [2.75, 3.05) is 12.8 Å². The van der Waals surface area contributed by atoms with E-state index in [9.17, 15) is 13.5 Å². The predicted octanol–water partition coefficient (Wildman–Crippen LogP) is 1.76. The van der Waals surface area contributed by atoms with Gasteiger partial charge in [-0.15, -0.1) is 0 Å². The van der Waals surface area contributed by atoms with Crippen LogP contribution >= 0.6 is 23.4 Å². The molecule has 0 bridgehead atoms. The van der Waals surface area contributed by atoms with E-state index >= 15 is 0 Å². The molecule has 0 spiro atoms. The molecule has 2 heterocycles. The van der Waals surface area contributed by atoms with Crippen molar-refractivity contribution in [3.8, 4) is 0 Å². The Morgan fingerprint density at radius 1 is 1.42 bits per heavy atom. The number of pyridine rings is 1. The normalized spacial score (nSPS) is 22.2. The highest BCUT2D eigenvalue weighted by molar-refractivity contribution is 8.14. The Labute approximate surface area is 161 Å². The zero-order valence-electron chi connectivity index (χ0n) is 13.8. The van der Waals surface area contributed by atoms with Crippen LogP contribution in [0, 0.1) is 0 Å². The van der Waals surface area contributed by atoms with Crippen LogP contribution in [0.25, 0.3) is 0 Å². The maximum Gasteiger partial charge on any atom is 0.239 e. The number of rotatable bonds is 4. The third kappa shape index (κ3) is 3.72. The fraction of sp³-hybridized carbons (Fsp3) is 0.250. The molecule has 0 saturated carbocycles. The molecule has 0 radical (unpaired) electrons. The molecular formula is C16H17ClN4O3S2. The van der Waals surface area contributed by atoms with Crippen molar-refractivity contribution in [1.29, 1.82) is 0 Å². The highest BCUT2D eigenvalue weighted by Crippen LogP contribution is 2.39. The lowest BCUT2D eigenvalue weighted by atomic mass is 10.0. The van der Waals surface area contributed by atoms with Gasteiger partial charge in [-0.05, 0) is 24.3 Å². The average molecular weight is 413 g/mol. The second kappa shape index (κ2) is 7.16. The second-order valence-electron chi connectivity index (χ2n) is 5.77. The van der Waals surface area contributed by atoms with Crippen LogP contribution in [0.1, 0.15) is 11.3 Å². The highest BCUT2D eigenvalue weighted by atomic mass is 35.5. The standard InChI is InChI=1S/C16H17ClN4O3S2/c1-21-15(20-9-12-4-2-3-7-19-12)25-10-16(21,22)11-5-6-13(17)14(8-11)26(18,23)24/h2-8,22H,9-10H2,1H3,(H2,18,23,24). The first-order valence-electron chi connectivity index (χ1n) is 7.58. The van der Waals surface area contributed by atoms with Gasteiger partial charge in [0.25, 0.3) is 0 Å². The number of thioether (sulfide) groups is 1. The summed E-state index contributed by atoms with van der Waals surface area (Å²) in [6, 6.07) is 9.87. The number of hydrogen-bond acceptors (Lipinski definition) is 6. The van der Waals surface area contributed by atoms with Crippen molar-refractivity contribution >= 4 is 38.6 Å². The Morgan fingerprint density at radius 3 is 2.85 bits per heavy atom. The van der Waals surface area contributed by atoms with Crippen LogP contribution < -0.4 is 5.14 Å². The van der Waals surface area contributed by atoms with Crippen LogP contribution in [0.15, 0.2) is 52.5 Å². The van der Waals surface area contributed by atoms with Gasteiger partial charge < -0.3 is 10.0 Å². The number of halogens is 1. The fourth-order valence-corrected chi connectivity index (χ4v) is 4.82. The molecule has 1 aliphatic heterocycles. The van der Waals surface area contributed by atoms with E-state index in [2.05, 4.69) is 9.98 Å². The summed E-state index contributed by atoms with van der Waals surface area (Å²) in [5.41, 5.74) is -0.228. The summed E-state index contributed by atoms with van der Waals surface area (Å²) in [4.78, 5) is 10.1. The van der Waals surface area contributed by atoms with E-state index in [4.69, 9.17) is 16.7 Å². The molecule has 0 aliphatic carbocycles. The van der Waals surface area contributed by atoms with Gasteiger partial charge >= 0.3 is 0 Å². The summed E-state index contributed by atoms with van der Waals surface area (Å²) < 4.78 is 23.4. The molecule has 1 unspecified atom stereocenters. The second-order valence-corrected chi connectivity index (χ2v) is 8.65. The molecule has 138 valence electrons. The number of aliphatic hydroxyl groups is 1. The Balaban J connectivity index is 1.89. The Morgan fingerprint density at radius 2 is 2.19 bits per heavy atom. The lowest BCUT2D eigenvalue weighted by Crippen LogP contribution is -2.42. The van der Waals surface area contributed by atoms with Crippen molar-refractivity contribution in [2.45, 2.75) is 17.2 Å². The maximum atomic E-state index is 11.7. The highest BCUT2D eigenvalue weighted by Gasteiger charge is 2.43. The van der Waals surface area contributed by atoms with E-state index in [0.717, 1.165) is 5.69 Å². The van der Waals surface area contributed by atoms with Crippen LogP contribution in [0.4, 0.5) is 0 Å². The van der Waals surface area contributed by atoms with E-state index in [1.54, 1.807) is 24.2 Å². The van der Waals surface area contributed by atoms with Gasteiger partial charge in [-0.25, -0.2) is 13.6 Å². The Hall–Kier alpha value is -1.65.